The molecule has 1 aromatic heterocycles. The first-order valence-corrected chi connectivity index (χ1v) is 6.32. The maximum absolute atomic E-state index is 10.7. The van der Waals surface area contributed by atoms with Crippen molar-refractivity contribution in [1.29, 1.82) is 0 Å². The quantitative estimate of drug-likeness (QED) is 0.632. The minimum atomic E-state index is -0.693. The number of halogens is 1. The van der Waals surface area contributed by atoms with Gasteiger partial charge in [0.05, 0.1) is 15.6 Å². The Morgan fingerprint density at radius 2 is 2.05 bits per heavy atom. The molecule has 0 aliphatic heterocycles. The third kappa shape index (κ3) is 3.05. The lowest BCUT2D eigenvalue weighted by molar-refractivity contribution is -0.384. The van der Waals surface area contributed by atoms with Crippen LogP contribution in [-0.4, -0.2) is 9.91 Å². The number of aromatic nitrogens is 1. The van der Waals surface area contributed by atoms with Gasteiger partial charge in [-0.2, -0.15) is 0 Å². The lowest BCUT2D eigenvalue weighted by atomic mass is 10.0. The van der Waals surface area contributed by atoms with Crippen molar-refractivity contribution in [2.45, 2.75) is 19.4 Å². The highest BCUT2D eigenvalue weighted by atomic mass is 35.5. The van der Waals surface area contributed by atoms with Crippen LogP contribution >= 0.6 is 11.6 Å². The van der Waals surface area contributed by atoms with E-state index in [1.165, 1.54) is 18.2 Å². The molecule has 0 fully saturated rings. The van der Waals surface area contributed by atoms with Crippen molar-refractivity contribution < 1.29 is 9.66 Å². The number of rotatable bonds is 4. The van der Waals surface area contributed by atoms with Crippen LogP contribution < -0.4 is 4.74 Å². The van der Waals surface area contributed by atoms with Gasteiger partial charge in [-0.1, -0.05) is 17.7 Å². The molecule has 0 unspecified atom stereocenters. The fraction of sp³-hybridized carbons (Fsp3) is 0.214. The standard InChI is InChI=1S/C14H13ClN2O3/c1-14(2,13-5-3-4-8-16-13)20-12-7-6-10(17(18)19)9-11(12)15/h3-9H,1-2H3. The Labute approximate surface area is 121 Å². The first-order chi connectivity index (χ1) is 9.40. The summed E-state index contributed by atoms with van der Waals surface area (Å²) in [7, 11) is 0. The Bertz CT molecular complexity index is 630. The second kappa shape index (κ2) is 5.46. The molecule has 5 nitrogen and oxygen atoms in total. The van der Waals surface area contributed by atoms with Gasteiger partial charge in [0, 0.05) is 18.3 Å². The molecular weight excluding hydrogens is 280 g/mol. The fourth-order valence-corrected chi connectivity index (χ4v) is 1.95. The summed E-state index contributed by atoms with van der Waals surface area (Å²) < 4.78 is 5.84. The van der Waals surface area contributed by atoms with E-state index < -0.39 is 10.5 Å². The minimum absolute atomic E-state index is 0.0713. The maximum Gasteiger partial charge on any atom is 0.271 e. The third-order valence-electron chi connectivity index (χ3n) is 2.77. The average molecular weight is 293 g/mol. The van der Waals surface area contributed by atoms with E-state index in [0.29, 0.717) is 5.75 Å². The van der Waals surface area contributed by atoms with Crippen LogP contribution in [0.2, 0.25) is 5.02 Å². The SMILES string of the molecule is CC(C)(Oc1ccc([N+](=O)[O-])cc1Cl)c1ccccn1. The molecule has 0 saturated carbocycles. The van der Waals surface area contributed by atoms with E-state index >= 15 is 0 Å². The molecule has 0 N–H and O–H groups in total. The largest absolute Gasteiger partial charge is 0.480 e. The van der Waals surface area contributed by atoms with E-state index in [-0.39, 0.29) is 10.7 Å². The summed E-state index contributed by atoms with van der Waals surface area (Å²) in [6.45, 7) is 3.71. The molecule has 0 aliphatic rings. The Morgan fingerprint density at radius 3 is 2.60 bits per heavy atom. The minimum Gasteiger partial charge on any atom is -0.480 e. The van der Waals surface area contributed by atoms with Gasteiger partial charge in [-0.25, -0.2) is 0 Å². The van der Waals surface area contributed by atoms with Gasteiger partial charge in [-0.15, -0.1) is 0 Å². The molecule has 1 heterocycles. The summed E-state index contributed by atoms with van der Waals surface area (Å²) >= 11 is 6.02. The van der Waals surface area contributed by atoms with Gasteiger partial charge in [0.15, 0.2) is 0 Å². The average Bonchev–Trinajstić information content (AvgIpc) is 2.41. The Kier molecular flexibility index (Phi) is 3.90. The van der Waals surface area contributed by atoms with Gasteiger partial charge in [0.25, 0.3) is 5.69 Å². The third-order valence-corrected chi connectivity index (χ3v) is 3.07. The zero-order valence-corrected chi connectivity index (χ0v) is 11.8. The van der Waals surface area contributed by atoms with E-state index in [1.807, 2.05) is 32.0 Å². The van der Waals surface area contributed by atoms with Crippen molar-refractivity contribution in [1.82, 2.24) is 4.98 Å². The molecule has 0 radical (unpaired) electrons. The molecule has 104 valence electrons. The highest BCUT2D eigenvalue weighted by Gasteiger charge is 2.25. The van der Waals surface area contributed by atoms with Crippen molar-refractivity contribution in [2.24, 2.45) is 0 Å². The van der Waals surface area contributed by atoms with Crippen LogP contribution in [-0.2, 0) is 5.60 Å². The molecule has 6 heteroatoms. The smallest absolute Gasteiger partial charge is 0.271 e. The Hall–Kier alpha value is -2.14. The molecule has 0 atom stereocenters. The highest BCUT2D eigenvalue weighted by Crippen LogP contribution is 2.33. The van der Waals surface area contributed by atoms with Crippen LogP contribution in [0.5, 0.6) is 5.75 Å². The Balaban J connectivity index is 2.28. The van der Waals surface area contributed by atoms with Crippen molar-refractivity contribution in [2.75, 3.05) is 0 Å². The molecule has 0 bridgehead atoms. The van der Waals surface area contributed by atoms with Crippen LogP contribution in [0, 0.1) is 10.1 Å². The molecule has 0 saturated heterocycles. The molecule has 0 amide bonds. The first kappa shape index (κ1) is 14.3. The number of nitro groups is 1. The summed E-state index contributed by atoms with van der Waals surface area (Å²) in [6, 6.07) is 9.65. The van der Waals surface area contributed by atoms with E-state index in [9.17, 15) is 10.1 Å². The lowest BCUT2D eigenvalue weighted by Gasteiger charge is -2.26. The van der Waals surface area contributed by atoms with E-state index in [4.69, 9.17) is 16.3 Å². The van der Waals surface area contributed by atoms with Gasteiger partial charge in [-0.05, 0) is 32.0 Å². The predicted molar refractivity (Wildman–Crippen MR) is 76.0 cm³/mol. The summed E-state index contributed by atoms with van der Waals surface area (Å²) in [5, 5.41) is 10.9. The number of nitrogens with zero attached hydrogens (tertiary/aromatic N) is 2. The van der Waals surface area contributed by atoms with Gasteiger partial charge >= 0.3 is 0 Å². The number of benzene rings is 1. The number of pyridine rings is 1. The van der Waals surface area contributed by atoms with E-state index in [0.717, 1.165) is 5.69 Å². The highest BCUT2D eigenvalue weighted by molar-refractivity contribution is 6.32. The lowest BCUT2D eigenvalue weighted by Crippen LogP contribution is -2.26. The number of non-ortho nitro benzene ring substituents is 1. The number of ether oxygens (including phenoxy) is 1. The van der Waals surface area contributed by atoms with Crippen molar-refractivity contribution in [3.8, 4) is 5.75 Å². The molecule has 1 aromatic carbocycles. The van der Waals surface area contributed by atoms with Crippen LogP contribution in [0.3, 0.4) is 0 Å². The second-order valence-corrected chi connectivity index (χ2v) is 5.11. The molecule has 0 spiro atoms. The van der Waals surface area contributed by atoms with Crippen LogP contribution in [0.1, 0.15) is 19.5 Å². The van der Waals surface area contributed by atoms with Gasteiger partial charge < -0.3 is 4.74 Å². The van der Waals surface area contributed by atoms with Crippen LogP contribution in [0.4, 0.5) is 5.69 Å². The normalized spacial score (nSPS) is 11.2. The molecule has 0 aliphatic carbocycles. The summed E-state index contributed by atoms with van der Waals surface area (Å²) in [6.07, 6.45) is 1.68. The van der Waals surface area contributed by atoms with Crippen LogP contribution in [0.25, 0.3) is 0 Å². The topological polar surface area (TPSA) is 65.3 Å². The van der Waals surface area contributed by atoms with Gasteiger partial charge in [0.2, 0.25) is 0 Å². The van der Waals surface area contributed by atoms with E-state index in [2.05, 4.69) is 4.98 Å². The number of hydrogen-bond donors (Lipinski definition) is 0. The summed E-state index contributed by atoms with van der Waals surface area (Å²) in [5.41, 5.74) is -0.0199. The number of hydrogen-bond acceptors (Lipinski definition) is 4. The molecular formula is C14H13ClN2O3. The van der Waals surface area contributed by atoms with Gasteiger partial charge in [-0.3, -0.25) is 15.1 Å². The predicted octanol–water partition coefficient (Wildman–Crippen LogP) is 3.96. The van der Waals surface area contributed by atoms with Gasteiger partial charge in [0.1, 0.15) is 11.4 Å². The first-order valence-electron chi connectivity index (χ1n) is 5.94. The number of nitro benzene ring substituents is 1. The maximum atomic E-state index is 10.7. The van der Waals surface area contributed by atoms with Crippen molar-refractivity contribution in [3.05, 3.63) is 63.4 Å². The molecule has 2 aromatic rings. The van der Waals surface area contributed by atoms with Crippen LogP contribution in [0.15, 0.2) is 42.6 Å². The molecule has 2 rings (SSSR count). The van der Waals surface area contributed by atoms with Crippen molar-refractivity contribution >= 4 is 17.3 Å². The monoisotopic (exact) mass is 292 g/mol. The fourth-order valence-electron chi connectivity index (χ4n) is 1.73. The van der Waals surface area contributed by atoms with Crippen molar-refractivity contribution in [3.63, 3.8) is 0 Å². The van der Waals surface area contributed by atoms with E-state index in [1.54, 1.807) is 6.20 Å². The summed E-state index contributed by atoms with van der Waals surface area (Å²) in [5.74, 6) is 0.382. The zero-order valence-electron chi connectivity index (χ0n) is 11.0. The zero-order chi connectivity index (χ0) is 14.8. The molecule has 20 heavy (non-hydrogen) atoms. The summed E-state index contributed by atoms with van der Waals surface area (Å²) in [4.78, 5) is 14.4. The second-order valence-electron chi connectivity index (χ2n) is 4.70. The Morgan fingerprint density at radius 1 is 1.30 bits per heavy atom.